The molecule has 0 saturated carbocycles. The van der Waals surface area contributed by atoms with Gasteiger partial charge in [0.25, 0.3) is 0 Å². The van der Waals surface area contributed by atoms with Crippen LogP contribution in [0.2, 0.25) is 0 Å². The summed E-state index contributed by atoms with van der Waals surface area (Å²) in [5.74, 6) is 1.73. The molecule has 1 N–H and O–H groups in total. The number of imidazole rings is 1. The average molecular weight is 361 g/mol. The van der Waals surface area contributed by atoms with Crippen molar-refractivity contribution >= 4 is 11.7 Å². The zero-order valence-corrected chi connectivity index (χ0v) is 15.2. The Hall–Kier alpha value is -3.15. The normalized spacial score (nSPS) is 13.7. The summed E-state index contributed by atoms with van der Waals surface area (Å²) >= 11 is 0. The lowest BCUT2D eigenvalue weighted by molar-refractivity contribution is -0.121. The number of nitrogens with one attached hydrogen (secondary N) is 1. The van der Waals surface area contributed by atoms with Crippen LogP contribution in [0, 0.1) is 0 Å². The SMILES string of the molecule is O=C(Cn1ccnc1-c1ccnc(N2CCCC2)c1)NCc1ccccc1. The summed E-state index contributed by atoms with van der Waals surface area (Å²) in [6.07, 6.45) is 7.81. The topological polar surface area (TPSA) is 63.1 Å². The number of hydrogen-bond donors (Lipinski definition) is 1. The van der Waals surface area contributed by atoms with Crippen LogP contribution >= 0.6 is 0 Å². The van der Waals surface area contributed by atoms with Gasteiger partial charge in [-0.1, -0.05) is 30.3 Å². The molecule has 1 aliphatic heterocycles. The zero-order valence-electron chi connectivity index (χ0n) is 15.2. The number of amides is 1. The number of aromatic nitrogens is 3. The van der Waals surface area contributed by atoms with Crippen molar-refractivity contribution in [3.8, 4) is 11.4 Å². The molecule has 0 bridgehead atoms. The highest BCUT2D eigenvalue weighted by molar-refractivity contribution is 5.76. The maximum absolute atomic E-state index is 12.4. The number of rotatable bonds is 6. The van der Waals surface area contributed by atoms with Gasteiger partial charge in [-0.2, -0.15) is 0 Å². The lowest BCUT2D eigenvalue weighted by Crippen LogP contribution is -2.27. The Balaban J connectivity index is 1.45. The molecule has 3 heterocycles. The molecule has 6 heteroatoms. The van der Waals surface area contributed by atoms with Gasteiger partial charge in [0.05, 0.1) is 0 Å². The third kappa shape index (κ3) is 4.16. The Labute approximate surface area is 158 Å². The van der Waals surface area contributed by atoms with Gasteiger partial charge in [-0.05, 0) is 30.5 Å². The molecule has 6 nitrogen and oxygen atoms in total. The van der Waals surface area contributed by atoms with Crippen LogP contribution in [0.3, 0.4) is 0 Å². The first-order chi connectivity index (χ1) is 13.3. The van der Waals surface area contributed by atoms with E-state index in [1.54, 1.807) is 6.20 Å². The first kappa shape index (κ1) is 17.3. The molecule has 27 heavy (non-hydrogen) atoms. The summed E-state index contributed by atoms with van der Waals surface area (Å²) < 4.78 is 1.88. The largest absolute Gasteiger partial charge is 0.357 e. The smallest absolute Gasteiger partial charge is 0.240 e. The third-order valence-electron chi connectivity index (χ3n) is 4.80. The molecule has 0 spiro atoms. The van der Waals surface area contributed by atoms with Gasteiger partial charge in [0.1, 0.15) is 18.2 Å². The lowest BCUT2D eigenvalue weighted by Gasteiger charge is -2.17. The Kier molecular flexibility index (Phi) is 5.14. The maximum atomic E-state index is 12.4. The molecule has 138 valence electrons. The number of benzene rings is 1. The van der Waals surface area contributed by atoms with Gasteiger partial charge >= 0.3 is 0 Å². The molecule has 0 unspecified atom stereocenters. The van der Waals surface area contributed by atoms with E-state index in [-0.39, 0.29) is 12.5 Å². The van der Waals surface area contributed by atoms with Gasteiger partial charge < -0.3 is 14.8 Å². The van der Waals surface area contributed by atoms with Crippen LogP contribution in [0.15, 0.2) is 61.1 Å². The number of nitrogens with zero attached hydrogens (tertiary/aromatic N) is 4. The van der Waals surface area contributed by atoms with E-state index in [0.29, 0.717) is 6.54 Å². The molecule has 4 rings (SSSR count). The monoisotopic (exact) mass is 361 g/mol. The van der Waals surface area contributed by atoms with E-state index in [1.807, 2.05) is 53.4 Å². The molecule has 0 atom stereocenters. The summed E-state index contributed by atoms with van der Waals surface area (Å²) in [6, 6.07) is 13.9. The first-order valence-electron chi connectivity index (χ1n) is 9.33. The van der Waals surface area contributed by atoms with Gasteiger partial charge in [0, 0.05) is 43.8 Å². The van der Waals surface area contributed by atoms with E-state index >= 15 is 0 Å². The van der Waals surface area contributed by atoms with Crippen LogP contribution in [0.5, 0.6) is 0 Å². The molecule has 1 saturated heterocycles. The maximum Gasteiger partial charge on any atom is 0.240 e. The second-order valence-corrected chi connectivity index (χ2v) is 6.74. The fourth-order valence-corrected chi connectivity index (χ4v) is 3.38. The van der Waals surface area contributed by atoms with E-state index in [1.165, 1.54) is 12.8 Å². The summed E-state index contributed by atoms with van der Waals surface area (Å²) in [7, 11) is 0. The summed E-state index contributed by atoms with van der Waals surface area (Å²) in [5.41, 5.74) is 2.06. The highest BCUT2D eigenvalue weighted by Gasteiger charge is 2.16. The van der Waals surface area contributed by atoms with E-state index < -0.39 is 0 Å². The van der Waals surface area contributed by atoms with Crippen molar-refractivity contribution in [2.75, 3.05) is 18.0 Å². The van der Waals surface area contributed by atoms with Gasteiger partial charge in [0.15, 0.2) is 0 Å². The molecule has 0 aliphatic carbocycles. The van der Waals surface area contributed by atoms with E-state index in [2.05, 4.69) is 26.3 Å². The Bertz CT molecular complexity index is 900. The average Bonchev–Trinajstić information content (AvgIpc) is 3.40. The first-order valence-corrected chi connectivity index (χ1v) is 9.33. The molecule has 1 fully saturated rings. The molecule has 1 aliphatic rings. The van der Waals surface area contributed by atoms with Crippen LogP contribution in [-0.2, 0) is 17.9 Å². The number of carbonyl (C=O) groups is 1. The van der Waals surface area contributed by atoms with Crippen molar-refractivity contribution < 1.29 is 4.79 Å². The van der Waals surface area contributed by atoms with Gasteiger partial charge in [-0.25, -0.2) is 9.97 Å². The van der Waals surface area contributed by atoms with E-state index in [9.17, 15) is 4.79 Å². The zero-order chi connectivity index (χ0) is 18.5. The fraction of sp³-hybridized carbons (Fsp3) is 0.286. The molecular weight excluding hydrogens is 338 g/mol. The van der Waals surface area contributed by atoms with Crippen LogP contribution in [0.4, 0.5) is 5.82 Å². The Morgan fingerprint density at radius 3 is 2.67 bits per heavy atom. The number of pyridine rings is 1. The van der Waals surface area contributed by atoms with Crippen molar-refractivity contribution in [2.45, 2.75) is 25.9 Å². The highest BCUT2D eigenvalue weighted by Crippen LogP contribution is 2.24. The quantitative estimate of drug-likeness (QED) is 0.733. The van der Waals surface area contributed by atoms with Crippen molar-refractivity contribution in [3.63, 3.8) is 0 Å². The molecule has 2 aromatic heterocycles. The lowest BCUT2D eigenvalue weighted by atomic mass is 10.2. The second kappa shape index (κ2) is 8.03. The number of anilines is 1. The van der Waals surface area contributed by atoms with Gasteiger partial charge in [0.2, 0.25) is 5.91 Å². The summed E-state index contributed by atoms with van der Waals surface area (Å²) in [5, 5.41) is 2.96. The molecule has 0 radical (unpaired) electrons. The van der Waals surface area contributed by atoms with Crippen LogP contribution in [0.1, 0.15) is 18.4 Å². The number of hydrogen-bond acceptors (Lipinski definition) is 4. The number of carbonyl (C=O) groups excluding carboxylic acids is 1. The fourth-order valence-electron chi connectivity index (χ4n) is 3.38. The molecule has 3 aromatic rings. The van der Waals surface area contributed by atoms with E-state index in [4.69, 9.17) is 0 Å². The Morgan fingerprint density at radius 2 is 1.85 bits per heavy atom. The Morgan fingerprint density at radius 1 is 1.04 bits per heavy atom. The van der Waals surface area contributed by atoms with Crippen molar-refractivity contribution in [1.82, 2.24) is 19.9 Å². The third-order valence-corrected chi connectivity index (χ3v) is 4.80. The van der Waals surface area contributed by atoms with Crippen LogP contribution < -0.4 is 10.2 Å². The van der Waals surface area contributed by atoms with Crippen LogP contribution in [-0.4, -0.2) is 33.5 Å². The minimum Gasteiger partial charge on any atom is -0.357 e. The van der Waals surface area contributed by atoms with Crippen molar-refractivity contribution in [2.24, 2.45) is 0 Å². The minimum absolute atomic E-state index is 0.0353. The predicted octanol–water partition coefficient (Wildman–Crippen LogP) is 2.86. The summed E-state index contributed by atoms with van der Waals surface area (Å²) in [6.45, 7) is 2.86. The summed E-state index contributed by atoms with van der Waals surface area (Å²) in [4.78, 5) is 23.6. The standard InChI is InChI=1S/C21H23N5O/c27-20(24-15-17-6-2-1-3-7-17)16-26-13-10-23-21(26)18-8-9-22-19(14-18)25-11-4-5-12-25/h1-3,6-10,13-14H,4-5,11-12,15-16H2,(H,24,27). The van der Waals surface area contributed by atoms with Gasteiger partial charge in [-0.15, -0.1) is 0 Å². The van der Waals surface area contributed by atoms with Crippen molar-refractivity contribution in [1.29, 1.82) is 0 Å². The minimum atomic E-state index is -0.0353. The molecular formula is C21H23N5O. The van der Waals surface area contributed by atoms with Crippen LogP contribution in [0.25, 0.3) is 11.4 Å². The van der Waals surface area contributed by atoms with Crippen molar-refractivity contribution in [3.05, 3.63) is 66.6 Å². The molecule has 1 amide bonds. The van der Waals surface area contributed by atoms with Gasteiger partial charge in [-0.3, -0.25) is 4.79 Å². The highest BCUT2D eigenvalue weighted by atomic mass is 16.1. The van der Waals surface area contributed by atoms with E-state index in [0.717, 1.165) is 35.9 Å². The predicted molar refractivity (Wildman–Crippen MR) is 105 cm³/mol. The molecule has 1 aromatic carbocycles. The second-order valence-electron chi connectivity index (χ2n) is 6.74.